The molecular formula is C25H35N3O4S. The molecule has 0 saturated carbocycles. The summed E-state index contributed by atoms with van der Waals surface area (Å²) in [6.45, 7) is 5.65. The quantitative estimate of drug-likeness (QED) is 0.553. The smallest absolute Gasteiger partial charge is 0.227 e. The number of rotatable bonds is 10. The average molecular weight is 474 g/mol. The van der Waals surface area contributed by atoms with Crippen molar-refractivity contribution in [2.75, 3.05) is 26.7 Å². The Kier molecular flexibility index (Phi) is 8.64. The Hall–Kier alpha value is -2.26. The van der Waals surface area contributed by atoms with E-state index >= 15 is 0 Å². The first-order chi connectivity index (χ1) is 15.7. The van der Waals surface area contributed by atoms with Crippen LogP contribution in [-0.2, 0) is 27.8 Å². The molecule has 1 heterocycles. The molecule has 0 bridgehead atoms. The molecule has 1 aliphatic rings. The maximum Gasteiger partial charge on any atom is 0.227 e. The number of benzene rings is 2. The molecule has 8 heteroatoms. The summed E-state index contributed by atoms with van der Waals surface area (Å²) in [5.74, 6) is 0.0110. The van der Waals surface area contributed by atoms with Crippen LogP contribution in [0.25, 0.3) is 0 Å². The fraction of sp³-hybridized carbons (Fsp3) is 0.480. The van der Waals surface area contributed by atoms with Crippen LogP contribution in [0.1, 0.15) is 43.0 Å². The molecular weight excluding hydrogens is 438 g/mol. The molecule has 2 unspecified atom stereocenters. The second kappa shape index (κ2) is 11.2. The number of likely N-dealkylation sites (tertiary alicyclic amines) is 1. The SMILES string of the molecule is CC(C)S(=O)(=O)NCc1ccc(CC(=O)N(C)C(CN2CCC(O)C2)c2ccccc2)cc1. The highest BCUT2D eigenvalue weighted by Gasteiger charge is 2.28. The molecule has 1 fully saturated rings. The normalized spacial score (nSPS) is 17.9. The number of nitrogens with one attached hydrogen (secondary N) is 1. The molecule has 2 aromatic rings. The second-order valence-electron chi connectivity index (χ2n) is 9.04. The van der Waals surface area contributed by atoms with Crippen molar-refractivity contribution in [1.29, 1.82) is 0 Å². The van der Waals surface area contributed by atoms with Crippen molar-refractivity contribution in [2.24, 2.45) is 0 Å². The zero-order valence-corrected chi connectivity index (χ0v) is 20.5. The number of sulfonamides is 1. The molecule has 0 radical (unpaired) electrons. The van der Waals surface area contributed by atoms with Gasteiger partial charge in [0.1, 0.15) is 0 Å². The van der Waals surface area contributed by atoms with E-state index in [-0.39, 0.29) is 31.0 Å². The van der Waals surface area contributed by atoms with Crippen LogP contribution in [0.5, 0.6) is 0 Å². The number of β-amino-alcohol motifs (C(OH)–C–C–N with tert-alkyl or cyclic N) is 1. The molecule has 33 heavy (non-hydrogen) atoms. The zero-order chi connectivity index (χ0) is 24.0. The van der Waals surface area contributed by atoms with Crippen LogP contribution in [0.2, 0.25) is 0 Å². The Balaban J connectivity index is 1.64. The highest BCUT2D eigenvalue weighted by atomic mass is 32.2. The monoisotopic (exact) mass is 473 g/mol. The Labute approximate surface area is 197 Å². The molecule has 2 atom stereocenters. The van der Waals surface area contributed by atoms with Crippen molar-refractivity contribution in [3.05, 3.63) is 71.3 Å². The summed E-state index contributed by atoms with van der Waals surface area (Å²) in [5.41, 5.74) is 2.80. The first-order valence-corrected chi connectivity index (χ1v) is 13.0. The highest BCUT2D eigenvalue weighted by Crippen LogP contribution is 2.24. The fourth-order valence-corrected chi connectivity index (χ4v) is 4.65. The predicted molar refractivity (Wildman–Crippen MR) is 130 cm³/mol. The molecule has 2 N–H and O–H groups in total. The van der Waals surface area contributed by atoms with E-state index in [0.29, 0.717) is 13.1 Å². The van der Waals surface area contributed by atoms with E-state index in [4.69, 9.17) is 0 Å². The van der Waals surface area contributed by atoms with Gasteiger partial charge in [0.05, 0.1) is 23.8 Å². The molecule has 180 valence electrons. The number of aliphatic hydroxyl groups is 1. The van der Waals surface area contributed by atoms with Crippen molar-refractivity contribution < 1.29 is 18.3 Å². The summed E-state index contributed by atoms with van der Waals surface area (Å²) in [7, 11) is -1.48. The van der Waals surface area contributed by atoms with Gasteiger partial charge in [0.25, 0.3) is 0 Å². The van der Waals surface area contributed by atoms with Gasteiger partial charge in [0.15, 0.2) is 0 Å². The van der Waals surface area contributed by atoms with Gasteiger partial charge in [-0.25, -0.2) is 13.1 Å². The van der Waals surface area contributed by atoms with E-state index in [9.17, 15) is 18.3 Å². The summed E-state index contributed by atoms with van der Waals surface area (Å²) >= 11 is 0. The van der Waals surface area contributed by atoms with Crippen LogP contribution in [0.15, 0.2) is 54.6 Å². The predicted octanol–water partition coefficient (Wildman–Crippen LogP) is 2.32. The Morgan fingerprint density at radius 3 is 2.33 bits per heavy atom. The molecule has 1 amide bonds. The summed E-state index contributed by atoms with van der Waals surface area (Å²) < 4.78 is 26.5. The lowest BCUT2D eigenvalue weighted by molar-refractivity contribution is -0.131. The second-order valence-corrected chi connectivity index (χ2v) is 11.4. The van der Waals surface area contributed by atoms with E-state index in [1.54, 1.807) is 18.7 Å². The Morgan fingerprint density at radius 2 is 1.76 bits per heavy atom. The van der Waals surface area contributed by atoms with Crippen molar-refractivity contribution in [2.45, 2.75) is 50.6 Å². The molecule has 1 aliphatic heterocycles. The summed E-state index contributed by atoms with van der Waals surface area (Å²) in [6.07, 6.45) is 0.727. The van der Waals surface area contributed by atoms with Crippen molar-refractivity contribution in [3.8, 4) is 0 Å². The third-order valence-electron chi connectivity index (χ3n) is 6.20. The van der Waals surface area contributed by atoms with Gasteiger partial charge < -0.3 is 10.0 Å². The van der Waals surface area contributed by atoms with Crippen LogP contribution in [0.4, 0.5) is 0 Å². The van der Waals surface area contributed by atoms with E-state index < -0.39 is 15.3 Å². The first kappa shape index (κ1) is 25.4. The van der Waals surface area contributed by atoms with Crippen LogP contribution in [0, 0.1) is 0 Å². The maximum absolute atomic E-state index is 13.1. The molecule has 3 rings (SSSR count). The summed E-state index contributed by atoms with van der Waals surface area (Å²) in [5, 5.41) is 9.42. The van der Waals surface area contributed by atoms with Gasteiger partial charge in [-0.2, -0.15) is 0 Å². The lowest BCUT2D eigenvalue weighted by Gasteiger charge is -2.32. The maximum atomic E-state index is 13.1. The van der Waals surface area contributed by atoms with Crippen molar-refractivity contribution in [1.82, 2.24) is 14.5 Å². The van der Waals surface area contributed by atoms with E-state index in [1.165, 1.54) is 0 Å². The van der Waals surface area contributed by atoms with Gasteiger partial charge in [-0.1, -0.05) is 54.6 Å². The minimum Gasteiger partial charge on any atom is -0.392 e. The summed E-state index contributed by atoms with van der Waals surface area (Å²) in [6, 6.07) is 17.3. The zero-order valence-electron chi connectivity index (χ0n) is 19.6. The van der Waals surface area contributed by atoms with Gasteiger partial charge in [-0.15, -0.1) is 0 Å². The number of nitrogens with zero attached hydrogens (tertiary/aromatic N) is 2. The van der Waals surface area contributed by atoms with Crippen molar-refractivity contribution in [3.63, 3.8) is 0 Å². The van der Waals surface area contributed by atoms with Gasteiger partial charge >= 0.3 is 0 Å². The van der Waals surface area contributed by atoms with Gasteiger partial charge in [-0.05, 0) is 37.0 Å². The minimum atomic E-state index is -3.32. The fourth-order valence-electron chi connectivity index (χ4n) is 3.95. The minimum absolute atomic E-state index is 0.0110. The molecule has 0 aliphatic carbocycles. The number of carbonyl (C=O) groups is 1. The number of hydrogen-bond donors (Lipinski definition) is 2. The van der Waals surface area contributed by atoms with Crippen LogP contribution in [0.3, 0.4) is 0 Å². The van der Waals surface area contributed by atoms with E-state index in [2.05, 4.69) is 9.62 Å². The van der Waals surface area contributed by atoms with Crippen molar-refractivity contribution >= 4 is 15.9 Å². The van der Waals surface area contributed by atoms with Crippen LogP contribution < -0.4 is 4.72 Å². The summed E-state index contributed by atoms with van der Waals surface area (Å²) in [4.78, 5) is 17.2. The lowest BCUT2D eigenvalue weighted by Crippen LogP contribution is -2.39. The van der Waals surface area contributed by atoms with E-state index in [1.807, 2.05) is 61.6 Å². The van der Waals surface area contributed by atoms with Gasteiger partial charge in [0.2, 0.25) is 15.9 Å². The third-order valence-corrected chi connectivity index (χ3v) is 7.99. The average Bonchev–Trinajstić information content (AvgIpc) is 3.21. The number of carbonyl (C=O) groups excluding carboxylic acids is 1. The van der Waals surface area contributed by atoms with Crippen LogP contribution in [-0.4, -0.2) is 67.3 Å². The molecule has 0 aromatic heterocycles. The molecule has 7 nitrogen and oxygen atoms in total. The van der Waals surface area contributed by atoms with Gasteiger partial charge in [-0.3, -0.25) is 9.69 Å². The Bertz CT molecular complexity index is 1010. The van der Waals surface area contributed by atoms with Crippen LogP contribution >= 0.6 is 0 Å². The van der Waals surface area contributed by atoms with E-state index in [0.717, 1.165) is 29.7 Å². The third kappa shape index (κ3) is 7.11. The molecule has 2 aromatic carbocycles. The number of hydrogen-bond acceptors (Lipinski definition) is 5. The number of likely N-dealkylation sites (N-methyl/N-ethyl adjacent to an activating group) is 1. The highest BCUT2D eigenvalue weighted by molar-refractivity contribution is 7.90. The lowest BCUT2D eigenvalue weighted by atomic mass is 10.0. The topological polar surface area (TPSA) is 90.0 Å². The first-order valence-electron chi connectivity index (χ1n) is 11.4. The molecule has 1 saturated heterocycles. The largest absolute Gasteiger partial charge is 0.392 e. The number of amides is 1. The number of aliphatic hydroxyl groups excluding tert-OH is 1. The Morgan fingerprint density at radius 1 is 1.12 bits per heavy atom. The van der Waals surface area contributed by atoms with Gasteiger partial charge in [0, 0.05) is 33.2 Å². The molecule has 0 spiro atoms. The standard InChI is InChI=1S/C25H35N3O4S/c1-19(2)33(31,32)26-16-21-11-9-20(10-12-21)15-25(30)27(3)24(22-7-5-4-6-8-22)18-28-14-13-23(29)17-28/h4-12,19,23-24,26,29H,13-18H2,1-3H3.